The molecule has 0 aromatic heterocycles. The average Bonchev–Trinajstić information content (AvgIpc) is 1.25. The fourth-order valence-corrected chi connectivity index (χ4v) is 0. The maximum atomic E-state index is 9.44. The first-order chi connectivity index (χ1) is 3.46. The normalized spacial score (nSPS) is 5.56. The van der Waals surface area contributed by atoms with Crippen LogP contribution < -0.4 is 18.9 Å². The number of carbonyl (C=O) groups excluding carboxylic acids is 1. The van der Waals surface area contributed by atoms with E-state index < -0.39 is 5.09 Å². The fourth-order valence-electron chi connectivity index (χ4n) is 0. The van der Waals surface area contributed by atoms with E-state index in [1.807, 2.05) is 0 Å². The van der Waals surface area contributed by atoms with Gasteiger partial charge >= 0.3 is 18.9 Å². The number of hydrogen-bond donors (Lipinski definition) is 0. The Kier molecular flexibility index (Phi) is 18.3. The first-order valence-electron chi connectivity index (χ1n) is 1.75. The average molecular weight is 127 g/mol. The van der Waals surface area contributed by atoms with Gasteiger partial charge in [0.15, 0.2) is 0 Å². The fraction of sp³-hybridized carbons (Fsp3) is 0.667. The Labute approximate surface area is 64.3 Å². The second-order valence-corrected chi connectivity index (χ2v) is 1.13. The van der Waals surface area contributed by atoms with Crippen LogP contribution >= 0.6 is 0 Å². The van der Waals surface area contributed by atoms with E-state index in [0.29, 0.717) is 0 Å². The second kappa shape index (κ2) is 10.4. The van der Waals surface area contributed by atoms with Gasteiger partial charge < -0.3 is 20.1 Å². The number of hydrogen-bond acceptors (Lipinski definition) is 4. The third-order valence-corrected chi connectivity index (χ3v) is 0. The minimum Gasteiger partial charge on any atom is -0.356 e. The van der Waals surface area contributed by atoms with Crippen LogP contribution in [0.2, 0.25) is 0 Å². The predicted octanol–water partition coefficient (Wildman–Crippen LogP) is -2.64. The Bertz CT molecular complexity index is 73.8. The van der Waals surface area contributed by atoms with Crippen molar-refractivity contribution in [2.75, 3.05) is 0 Å². The van der Waals surface area contributed by atoms with Crippen molar-refractivity contribution in [1.29, 1.82) is 0 Å². The van der Waals surface area contributed by atoms with Crippen LogP contribution in [0.3, 0.4) is 0 Å². The summed E-state index contributed by atoms with van der Waals surface area (Å²) >= 11 is 0. The summed E-state index contributed by atoms with van der Waals surface area (Å²) in [6.45, 7) is 3.06. The molecule has 0 aliphatic rings. The van der Waals surface area contributed by atoms with Gasteiger partial charge in [0.25, 0.3) is 0 Å². The van der Waals surface area contributed by atoms with Gasteiger partial charge in [-0.15, -0.1) is 0 Å². The van der Waals surface area contributed by atoms with Crippen LogP contribution in [0.4, 0.5) is 0 Å². The summed E-state index contributed by atoms with van der Waals surface area (Å²) in [5.74, 6) is 0.167. The van der Waals surface area contributed by atoms with Gasteiger partial charge in [-0.3, -0.25) is 0 Å². The molecule has 0 spiro atoms. The molecule has 0 radical (unpaired) electrons. The third-order valence-electron chi connectivity index (χ3n) is 0. The van der Waals surface area contributed by atoms with Crippen LogP contribution in [-0.4, -0.2) is 10.9 Å². The van der Waals surface area contributed by atoms with Gasteiger partial charge in [0, 0.05) is 0 Å². The molecule has 0 saturated carbocycles. The summed E-state index contributed by atoms with van der Waals surface area (Å²) in [5, 5.41) is 14.8. The third kappa shape index (κ3) is 787. The molecule has 0 unspecified atom stereocenters. The number of Topliss-reactive ketones (excluding diaryl/α,β-unsaturated/α-hetero) is 1. The van der Waals surface area contributed by atoms with E-state index >= 15 is 0 Å². The molecule has 0 aromatic rings. The van der Waals surface area contributed by atoms with Gasteiger partial charge in [0.05, 0.1) is 5.09 Å². The van der Waals surface area contributed by atoms with Crippen LogP contribution in [0.25, 0.3) is 0 Å². The molecule has 0 aliphatic carbocycles. The maximum absolute atomic E-state index is 9.44. The topological polar surface area (TPSA) is 83.3 Å². The monoisotopic (exact) mass is 127 g/mol. The Morgan fingerprint density at radius 2 is 1.33 bits per heavy atom. The molecule has 6 heteroatoms. The van der Waals surface area contributed by atoms with Crippen LogP contribution in [0.1, 0.15) is 13.8 Å². The number of ketones is 1. The Morgan fingerprint density at radius 1 is 1.33 bits per heavy atom. The summed E-state index contributed by atoms with van der Waals surface area (Å²) in [6, 6.07) is 0. The molecule has 5 nitrogen and oxygen atoms in total. The van der Waals surface area contributed by atoms with E-state index in [9.17, 15) is 4.79 Å². The van der Waals surface area contributed by atoms with E-state index in [4.69, 9.17) is 15.3 Å². The zero-order valence-corrected chi connectivity index (χ0v) is 5.58. The van der Waals surface area contributed by atoms with E-state index in [1.54, 1.807) is 0 Å². The molecule has 0 rings (SSSR count). The molecule has 0 bridgehead atoms. The van der Waals surface area contributed by atoms with Gasteiger partial charge in [-0.05, 0) is 13.8 Å². The summed E-state index contributed by atoms with van der Waals surface area (Å²) in [6.07, 6.45) is 0. The maximum Gasteiger partial charge on any atom is 1.00 e. The van der Waals surface area contributed by atoms with Crippen LogP contribution in [0.15, 0.2) is 0 Å². The summed E-state index contributed by atoms with van der Waals surface area (Å²) in [5.41, 5.74) is 0. The van der Waals surface area contributed by atoms with Crippen molar-refractivity contribution in [2.45, 2.75) is 13.8 Å². The summed E-state index contributed by atoms with van der Waals surface area (Å²) in [7, 11) is 0. The van der Waals surface area contributed by atoms with Gasteiger partial charge in [-0.2, -0.15) is 0 Å². The van der Waals surface area contributed by atoms with E-state index in [1.165, 1.54) is 13.8 Å². The van der Waals surface area contributed by atoms with Gasteiger partial charge in [-0.1, -0.05) is 0 Å². The van der Waals surface area contributed by atoms with E-state index in [0.717, 1.165) is 0 Å². The Hall–Kier alpha value is -0.533. The summed E-state index contributed by atoms with van der Waals surface area (Å²) < 4.78 is 0. The van der Waals surface area contributed by atoms with Crippen molar-refractivity contribution < 1.29 is 28.7 Å². The van der Waals surface area contributed by atoms with Crippen molar-refractivity contribution >= 4 is 5.78 Å². The first kappa shape index (κ1) is 15.8. The zero-order valence-electron chi connectivity index (χ0n) is 5.58. The largest absolute Gasteiger partial charge is 1.00 e. The second-order valence-electron chi connectivity index (χ2n) is 1.13. The van der Waals surface area contributed by atoms with Crippen molar-refractivity contribution in [1.82, 2.24) is 0 Å². The van der Waals surface area contributed by atoms with Gasteiger partial charge in [0.1, 0.15) is 5.78 Å². The molecule has 0 aromatic carbocycles. The van der Waals surface area contributed by atoms with Gasteiger partial charge in [0.2, 0.25) is 0 Å². The zero-order chi connectivity index (χ0) is 7.15. The molecular weight excluding hydrogens is 121 g/mol. The SMILES string of the molecule is CC(C)=O.O=[N+]([O-])[O-].[Li+]. The molecule has 0 fully saturated rings. The van der Waals surface area contributed by atoms with Gasteiger partial charge in [-0.25, -0.2) is 0 Å². The molecule has 0 saturated heterocycles. The van der Waals surface area contributed by atoms with E-state index in [-0.39, 0.29) is 24.6 Å². The molecule has 0 atom stereocenters. The quantitative estimate of drug-likeness (QED) is 0.202. The van der Waals surface area contributed by atoms with Crippen molar-refractivity contribution in [2.24, 2.45) is 0 Å². The Morgan fingerprint density at radius 3 is 1.33 bits per heavy atom. The van der Waals surface area contributed by atoms with Crippen LogP contribution in [-0.2, 0) is 4.79 Å². The molecular formula is C3H6LiNO4. The van der Waals surface area contributed by atoms with E-state index in [2.05, 4.69) is 0 Å². The molecule has 48 valence electrons. The number of rotatable bonds is 0. The van der Waals surface area contributed by atoms with Crippen molar-refractivity contribution in [3.8, 4) is 0 Å². The minimum absolute atomic E-state index is 0. The predicted molar refractivity (Wildman–Crippen MR) is 26.7 cm³/mol. The standard InChI is InChI=1S/C3H6O.Li.NO3/c1-3(2)4;;2-1(3)4/h1-2H3;;/q;+1;-1. The number of nitrogens with zero attached hydrogens (tertiary/aromatic N) is 1. The minimum atomic E-state index is -1.75. The summed E-state index contributed by atoms with van der Waals surface area (Å²) in [4.78, 5) is 17.7. The molecule has 9 heavy (non-hydrogen) atoms. The van der Waals surface area contributed by atoms with Crippen LogP contribution in [0, 0.1) is 15.3 Å². The van der Waals surface area contributed by atoms with Crippen LogP contribution in [0.5, 0.6) is 0 Å². The van der Waals surface area contributed by atoms with Crippen molar-refractivity contribution in [3.63, 3.8) is 0 Å². The van der Waals surface area contributed by atoms with Crippen molar-refractivity contribution in [3.05, 3.63) is 15.3 Å². The smallest absolute Gasteiger partial charge is 0.356 e. The first-order valence-corrected chi connectivity index (χ1v) is 1.75. The molecule has 0 amide bonds. The molecule has 0 N–H and O–H groups in total. The molecule has 0 aliphatic heterocycles. The number of carbonyl (C=O) groups is 1. The Balaban J connectivity index is -0.0000000720. The molecule has 0 heterocycles.